The van der Waals surface area contributed by atoms with E-state index in [0.29, 0.717) is 5.75 Å². The molecule has 10 heteroatoms. The average molecular weight is 341 g/mol. The first-order valence-corrected chi connectivity index (χ1v) is 7.46. The van der Waals surface area contributed by atoms with Crippen molar-refractivity contribution < 1.29 is 35.9 Å². The number of alkyl halides is 3. The summed E-state index contributed by atoms with van der Waals surface area (Å²) < 4.78 is 69.0. The van der Waals surface area contributed by atoms with E-state index in [1.807, 2.05) is 0 Å². The highest BCUT2D eigenvalue weighted by molar-refractivity contribution is 7.90. The van der Waals surface area contributed by atoms with Crippen molar-refractivity contribution in [1.29, 1.82) is 0 Å². The lowest BCUT2D eigenvalue weighted by Crippen LogP contribution is -2.40. The van der Waals surface area contributed by atoms with Crippen LogP contribution in [0.3, 0.4) is 0 Å². The monoisotopic (exact) mass is 341 g/mol. The summed E-state index contributed by atoms with van der Waals surface area (Å²) in [5.74, 6) is -0.274. The molecular weight excluding hydrogens is 327 g/mol. The number of ether oxygens (including phenoxy) is 2. The molecule has 6 nitrogen and oxygen atoms in total. The van der Waals surface area contributed by atoms with E-state index in [2.05, 4.69) is 0 Å². The topological polar surface area (TPSA) is 81.7 Å². The van der Waals surface area contributed by atoms with Gasteiger partial charge in [-0.05, 0) is 31.2 Å². The lowest BCUT2D eigenvalue weighted by molar-refractivity contribution is -0.0450. The zero-order valence-corrected chi connectivity index (χ0v) is 12.5. The highest BCUT2D eigenvalue weighted by atomic mass is 32.2. The van der Waals surface area contributed by atoms with Gasteiger partial charge in [-0.1, -0.05) is 0 Å². The molecule has 0 bridgehead atoms. The first kappa shape index (κ1) is 18.2. The summed E-state index contributed by atoms with van der Waals surface area (Å²) >= 11 is 0. The van der Waals surface area contributed by atoms with Gasteiger partial charge in [0.1, 0.15) is 11.9 Å². The fraction of sp³-hybridized carbons (Fsp3) is 0.417. The number of hydrogen-bond donors (Lipinski definition) is 1. The molecule has 0 aliphatic carbocycles. The van der Waals surface area contributed by atoms with Gasteiger partial charge in [0, 0.05) is 6.54 Å². The van der Waals surface area contributed by atoms with E-state index in [1.54, 1.807) is 0 Å². The molecule has 0 heterocycles. The molecule has 0 fully saturated rings. The third kappa shape index (κ3) is 4.88. The summed E-state index contributed by atoms with van der Waals surface area (Å²) in [6.45, 7) is 0.573. The van der Waals surface area contributed by atoms with Gasteiger partial charge in [-0.15, -0.1) is 0 Å². The maximum absolute atomic E-state index is 12.1. The lowest BCUT2D eigenvalue weighted by atomic mass is 10.2. The Hall–Kier alpha value is -1.81. The largest absolute Gasteiger partial charge is 0.511 e. The van der Waals surface area contributed by atoms with Gasteiger partial charge in [0.05, 0.1) is 12.7 Å². The Morgan fingerprint density at radius 3 is 2.27 bits per heavy atom. The number of carbonyl (C=O) groups is 1. The minimum atomic E-state index is -5.46. The minimum absolute atomic E-state index is 0.159. The van der Waals surface area contributed by atoms with Crippen molar-refractivity contribution in [2.45, 2.75) is 18.5 Å². The zero-order valence-electron chi connectivity index (χ0n) is 11.7. The molecule has 0 spiro atoms. The third-order valence-electron chi connectivity index (χ3n) is 2.50. The van der Waals surface area contributed by atoms with Crippen molar-refractivity contribution in [2.24, 2.45) is 0 Å². The number of hydrogen-bond acceptors (Lipinski definition) is 5. The van der Waals surface area contributed by atoms with Gasteiger partial charge in [-0.2, -0.15) is 13.2 Å². The summed E-state index contributed by atoms with van der Waals surface area (Å²) in [6.07, 6.45) is -1.08. The van der Waals surface area contributed by atoms with E-state index >= 15 is 0 Å². The number of halogens is 3. The van der Waals surface area contributed by atoms with Crippen molar-refractivity contribution in [2.75, 3.05) is 13.7 Å². The van der Waals surface area contributed by atoms with E-state index < -0.39 is 34.1 Å². The molecule has 1 N–H and O–H groups in total. The molecule has 0 saturated carbocycles. The van der Waals surface area contributed by atoms with Gasteiger partial charge in [-0.25, -0.2) is 17.9 Å². The highest BCUT2D eigenvalue weighted by Gasteiger charge is 2.45. The molecule has 1 rings (SSSR count). The second-order valence-corrected chi connectivity index (χ2v) is 6.00. The second kappa shape index (κ2) is 6.97. The molecular formula is C12H14F3NO5S. The van der Waals surface area contributed by atoms with Crippen LogP contribution in [0.25, 0.3) is 0 Å². The molecule has 0 radical (unpaired) electrons. The van der Waals surface area contributed by atoms with Crippen LogP contribution in [0.1, 0.15) is 17.3 Å². The Morgan fingerprint density at radius 2 is 1.82 bits per heavy atom. The molecule has 0 aliphatic heterocycles. The normalized spacial score (nSPS) is 13.5. The van der Waals surface area contributed by atoms with Gasteiger partial charge in [0.15, 0.2) is 0 Å². The van der Waals surface area contributed by atoms with Crippen LogP contribution in [-0.4, -0.2) is 39.7 Å². The van der Waals surface area contributed by atoms with E-state index in [-0.39, 0.29) is 5.56 Å². The molecule has 22 heavy (non-hydrogen) atoms. The highest BCUT2D eigenvalue weighted by Crippen LogP contribution is 2.21. The predicted molar refractivity (Wildman–Crippen MR) is 70.8 cm³/mol. The molecule has 0 aromatic heterocycles. The molecule has 0 aliphatic rings. The lowest BCUT2D eigenvalue weighted by Gasteiger charge is -2.15. The predicted octanol–water partition coefficient (Wildman–Crippen LogP) is 1.68. The van der Waals surface area contributed by atoms with Crippen molar-refractivity contribution in [1.82, 2.24) is 4.72 Å². The summed E-state index contributed by atoms with van der Waals surface area (Å²) in [6, 6.07) is 5.84. The van der Waals surface area contributed by atoms with Gasteiger partial charge in [-0.3, -0.25) is 0 Å². The first-order chi connectivity index (χ1) is 10.1. The number of carbonyl (C=O) groups excluding carboxylic acids is 1. The van der Waals surface area contributed by atoms with Crippen LogP contribution in [0.15, 0.2) is 24.3 Å². The average Bonchev–Trinajstić information content (AvgIpc) is 2.44. The number of methoxy groups -OCH3 is 1. The Labute approximate surface area is 125 Å². The van der Waals surface area contributed by atoms with E-state index in [1.165, 1.54) is 43.0 Å². The standard InChI is InChI=1S/C12H14F3NO5S/c1-8(7-16-22(18,19)12(13,14)15)21-11(17)9-3-5-10(20-2)6-4-9/h3-6,8,16H,7H2,1-2H3. The van der Waals surface area contributed by atoms with Crippen LogP contribution in [-0.2, 0) is 14.8 Å². The van der Waals surface area contributed by atoms with Crippen molar-refractivity contribution in [3.05, 3.63) is 29.8 Å². The molecule has 1 atom stereocenters. The summed E-state index contributed by atoms with van der Waals surface area (Å²) in [5.41, 5.74) is -5.25. The molecule has 0 amide bonds. The van der Waals surface area contributed by atoms with Crippen molar-refractivity contribution >= 4 is 16.0 Å². The Morgan fingerprint density at radius 1 is 1.27 bits per heavy atom. The molecule has 1 unspecified atom stereocenters. The number of benzene rings is 1. The van der Waals surface area contributed by atoms with Crippen LogP contribution in [0.4, 0.5) is 13.2 Å². The summed E-state index contributed by atoms with van der Waals surface area (Å²) in [5, 5.41) is 0. The van der Waals surface area contributed by atoms with Gasteiger partial charge in [0.2, 0.25) is 0 Å². The SMILES string of the molecule is COc1ccc(C(=O)OC(C)CNS(=O)(=O)C(F)(F)F)cc1. The quantitative estimate of drug-likeness (QED) is 0.796. The number of esters is 1. The van der Waals surface area contributed by atoms with Crippen LogP contribution >= 0.6 is 0 Å². The van der Waals surface area contributed by atoms with Crippen molar-refractivity contribution in [3.63, 3.8) is 0 Å². The van der Waals surface area contributed by atoms with Gasteiger partial charge >= 0.3 is 21.5 Å². The number of nitrogens with one attached hydrogen (secondary N) is 1. The third-order valence-corrected chi connectivity index (χ3v) is 3.66. The van der Waals surface area contributed by atoms with Crippen LogP contribution in [0, 0.1) is 0 Å². The maximum atomic E-state index is 12.1. The van der Waals surface area contributed by atoms with Crippen LogP contribution in [0.2, 0.25) is 0 Å². The van der Waals surface area contributed by atoms with Crippen LogP contribution < -0.4 is 9.46 Å². The first-order valence-electron chi connectivity index (χ1n) is 5.98. The fourth-order valence-electron chi connectivity index (χ4n) is 1.33. The van der Waals surface area contributed by atoms with Gasteiger partial charge < -0.3 is 9.47 Å². The summed E-state index contributed by atoms with van der Waals surface area (Å²) in [4.78, 5) is 11.7. The van der Waals surface area contributed by atoms with Gasteiger partial charge in [0.25, 0.3) is 0 Å². The fourth-order valence-corrected chi connectivity index (χ4v) is 1.95. The summed E-state index contributed by atoms with van der Waals surface area (Å²) in [7, 11) is -4.01. The van der Waals surface area contributed by atoms with Crippen molar-refractivity contribution in [3.8, 4) is 5.75 Å². The molecule has 1 aromatic carbocycles. The Kier molecular flexibility index (Phi) is 5.78. The Balaban J connectivity index is 2.57. The van der Waals surface area contributed by atoms with Crippen LogP contribution in [0.5, 0.6) is 5.75 Å². The number of sulfonamides is 1. The smallest absolute Gasteiger partial charge is 0.497 e. The van der Waals surface area contributed by atoms with E-state index in [9.17, 15) is 26.4 Å². The number of rotatable bonds is 6. The van der Waals surface area contributed by atoms with E-state index in [4.69, 9.17) is 9.47 Å². The zero-order chi connectivity index (χ0) is 17.0. The second-order valence-electron chi connectivity index (χ2n) is 4.24. The molecule has 1 aromatic rings. The maximum Gasteiger partial charge on any atom is 0.511 e. The van der Waals surface area contributed by atoms with E-state index in [0.717, 1.165) is 0 Å². The minimum Gasteiger partial charge on any atom is -0.497 e. The Bertz CT molecular complexity index is 613. The molecule has 124 valence electrons. The molecule has 0 saturated heterocycles.